The second-order valence-electron chi connectivity index (χ2n) is 6.69. The maximum absolute atomic E-state index is 12.5. The van der Waals surface area contributed by atoms with E-state index in [1.54, 1.807) is 13.1 Å². The number of hydrogen-bond donors (Lipinski definition) is 2. The lowest BCUT2D eigenvalue weighted by Gasteiger charge is -2.19. The molecule has 0 radical (unpaired) electrons. The first kappa shape index (κ1) is 18.1. The molecule has 0 saturated heterocycles. The highest BCUT2D eigenvalue weighted by atomic mass is 35.5. The van der Waals surface area contributed by atoms with E-state index in [1.165, 1.54) is 4.90 Å². The van der Waals surface area contributed by atoms with Gasteiger partial charge in [-0.2, -0.15) is 0 Å². The molecule has 2 aliphatic rings. The van der Waals surface area contributed by atoms with Crippen LogP contribution in [0.4, 0.5) is 0 Å². The highest BCUT2D eigenvalue weighted by molar-refractivity contribution is 6.42. The van der Waals surface area contributed by atoms with Crippen LogP contribution < -0.4 is 5.32 Å². The van der Waals surface area contributed by atoms with E-state index in [0.717, 1.165) is 31.2 Å². The summed E-state index contributed by atoms with van der Waals surface area (Å²) in [5, 5.41) is 13.9. The number of halogens is 2. The van der Waals surface area contributed by atoms with E-state index in [0.29, 0.717) is 16.0 Å². The molecule has 25 heavy (non-hydrogen) atoms. The molecule has 1 aromatic rings. The van der Waals surface area contributed by atoms with Gasteiger partial charge in [0.25, 0.3) is 11.8 Å². The molecule has 5 nitrogen and oxygen atoms in total. The van der Waals surface area contributed by atoms with Gasteiger partial charge in [-0.05, 0) is 49.3 Å². The summed E-state index contributed by atoms with van der Waals surface area (Å²) in [7, 11) is 1.56. The number of nitrogens with one attached hydrogen (secondary N) is 1. The zero-order chi connectivity index (χ0) is 18.1. The number of carbonyl (C=O) groups is 2. The van der Waals surface area contributed by atoms with E-state index in [4.69, 9.17) is 23.2 Å². The summed E-state index contributed by atoms with van der Waals surface area (Å²) in [6, 6.07) is 5.56. The van der Waals surface area contributed by atoms with Gasteiger partial charge in [0.1, 0.15) is 0 Å². The predicted octanol–water partition coefficient (Wildman–Crippen LogP) is 3.10. The summed E-state index contributed by atoms with van der Waals surface area (Å²) < 4.78 is 0. The van der Waals surface area contributed by atoms with Gasteiger partial charge in [0.15, 0.2) is 5.76 Å². The van der Waals surface area contributed by atoms with Crippen molar-refractivity contribution in [2.75, 3.05) is 13.6 Å². The summed E-state index contributed by atoms with van der Waals surface area (Å²) in [5.74, 6) is -0.867. The Morgan fingerprint density at radius 2 is 2.08 bits per heavy atom. The third kappa shape index (κ3) is 4.10. The molecule has 1 aliphatic carbocycles. The molecule has 2 amide bonds. The van der Waals surface area contributed by atoms with Gasteiger partial charge in [-0.1, -0.05) is 29.3 Å². The van der Waals surface area contributed by atoms with Gasteiger partial charge in [-0.25, -0.2) is 0 Å². The number of carbonyl (C=O) groups excluding carboxylic acids is 2. The first-order chi connectivity index (χ1) is 11.9. The Labute approximate surface area is 156 Å². The van der Waals surface area contributed by atoms with Gasteiger partial charge in [-0.3, -0.25) is 9.59 Å². The van der Waals surface area contributed by atoms with E-state index in [9.17, 15) is 14.7 Å². The van der Waals surface area contributed by atoms with Gasteiger partial charge >= 0.3 is 0 Å². The fourth-order valence-electron chi connectivity index (χ4n) is 3.07. The van der Waals surface area contributed by atoms with Crippen molar-refractivity contribution in [2.45, 2.75) is 31.7 Å². The standard InChI is InChI=1S/C18H20Cl2N2O3/c1-22-9-12(16(23)18(22)25)17(24)21-15(11-4-5-11)7-3-10-2-6-13(19)14(20)8-10/h2,6,8,11,15,23H,3-5,7,9H2,1H3,(H,21,24). The second-order valence-corrected chi connectivity index (χ2v) is 7.51. The number of aryl methyl sites for hydroxylation is 1. The van der Waals surface area contributed by atoms with Crippen molar-refractivity contribution in [3.05, 3.63) is 45.1 Å². The molecule has 0 bridgehead atoms. The monoisotopic (exact) mass is 382 g/mol. The molecule has 1 saturated carbocycles. The molecule has 7 heteroatoms. The van der Waals surface area contributed by atoms with Crippen LogP contribution in [0.2, 0.25) is 10.0 Å². The maximum Gasteiger partial charge on any atom is 0.289 e. The number of nitrogens with zero attached hydrogens (tertiary/aromatic N) is 1. The molecule has 1 aliphatic heterocycles. The summed E-state index contributed by atoms with van der Waals surface area (Å²) in [4.78, 5) is 25.4. The van der Waals surface area contributed by atoms with E-state index in [-0.39, 0.29) is 24.1 Å². The van der Waals surface area contributed by atoms with Crippen LogP contribution in [0.25, 0.3) is 0 Å². The van der Waals surface area contributed by atoms with Gasteiger partial charge in [0, 0.05) is 13.1 Å². The molecular weight excluding hydrogens is 363 g/mol. The lowest BCUT2D eigenvalue weighted by molar-refractivity contribution is -0.126. The zero-order valence-corrected chi connectivity index (χ0v) is 15.4. The first-order valence-electron chi connectivity index (χ1n) is 8.29. The van der Waals surface area contributed by atoms with Crippen molar-refractivity contribution in [2.24, 2.45) is 5.92 Å². The van der Waals surface area contributed by atoms with Crippen LogP contribution in [0.5, 0.6) is 0 Å². The van der Waals surface area contributed by atoms with Crippen molar-refractivity contribution >= 4 is 35.0 Å². The summed E-state index contributed by atoms with van der Waals surface area (Å²) in [6.45, 7) is 0.140. The Hall–Kier alpha value is -1.72. The van der Waals surface area contributed by atoms with Gasteiger partial charge < -0.3 is 15.3 Å². The quantitative estimate of drug-likeness (QED) is 0.793. The average molecular weight is 383 g/mol. The third-order valence-electron chi connectivity index (χ3n) is 4.74. The van der Waals surface area contributed by atoms with Crippen LogP contribution in [0, 0.1) is 5.92 Å². The van der Waals surface area contributed by atoms with Gasteiger partial charge in [-0.15, -0.1) is 0 Å². The van der Waals surface area contributed by atoms with E-state index >= 15 is 0 Å². The number of benzene rings is 1. The minimum absolute atomic E-state index is 0.0169. The van der Waals surface area contributed by atoms with Crippen molar-refractivity contribution in [3.63, 3.8) is 0 Å². The topological polar surface area (TPSA) is 69.6 Å². The van der Waals surface area contributed by atoms with Crippen LogP contribution in [0.15, 0.2) is 29.5 Å². The smallest absolute Gasteiger partial charge is 0.289 e. The van der Waals surface area contributed by atoms with E-state index in [1.807, 2.05) is 12.1 Å². The highest BCUT2D eigenvalue weighted by Crippen LogP contribution is 2.35. The number of aliphatic hydroxyl groups excluding tert-OH is 1. The van der Waals surface area contributed by atoms with Crippen LogP contribution in [-0.2, 0) is 16.0 Å². The number of likely N-dealkylation sites (N-methyl/N-ethyl adjacent to an activating group) is 1. The van der Waals surface area contributed by atoms with Crippen LogP contribution in [-0.4, -0.2) is 41.5 Å². The molecule has 1 atom stereocenters. The summed E-state index contributed by atoms with van der Waals surface area (Å²) in [5.41, 5.74) is 1.21. The summed E-state index contributed by atoms with van der Waals surface area (Å²) in [6.07, 6.45) is 3.70. The van der Waals surface area contributed by atoms with Crippen molar-refractivity contribution in [1.82, 2.24) is 10.2 Å². The van der Waals surface area contributed by atoms with Gasteiger partial charge in [0.05, 0.1) is 22.2 Å². The molecular formula is C18H20Cl2N2O3. The van der Waals surface area contributed by atoms with E-state index in [2.05, 4.69) is 5.32 Å². The minimum Gasteiger partial charge on any atom is -0.503 e. The van der Waals surface area contributed by atoms with Crippen LogP contribution in [0.1, 0.15) is 24.8 Å². The normalized spacial score (nSPS) is 18.7. The van der Waals surface area contributed by atoms with Crippen LogP contribution in [0.3, 0.4) is 0 Å². The molecule has 2 N–H and O–H groups in total. The Morgan fingerprint density at radius 1 is 1.36 bits per heavy atom. The Balaban J connectivity index is 1.63. The van der Waals surface area contributed by atoms with Crippen molar-refractivity contribution in [1.29, 1.82) is 0 Å². The Bertz CT molecular complexity index is 744. The summed E-state index contributed by atoms with van der Waals surface area (Å²) >= 11 is 12.0. The highest BCUT2D eigenvalue weighted by Gasteiger charge is 2.36. The Morgan fingerprint density at radius 3 is 2.64 bits per heavy atom. The maximum atomic E-state index is 12.5. The molecule has 1 aromatic carbocycles. The second kappa shape index (κ2) is 7.26. The lowest BCUT2D eigenvalue weighted by atomic mass is 10.0. The average Bonchev–Trinajstić information content (AvgIpc) is 3.38. The fraction of sp³-hybridized carbons (Fsp3) is 0.444. The lowest BCUT2D eigenvalue weighted by Crippen LogP contribution is -2.38. The fourth-order valence-corrected chi connectivity index (χ4v) is 3.39. The predicted molar refractivity (Wildman–Crippen MR) is 96.7 cm³/mol. The molecule has 1 heterocycles. The first-order valence-corrected chi connectivity index (χ1v) is 9.04. The van der Waals surface area contributed by atoms with Crippen LogP contribution >= 0.6 is 23.2 Å². The number of rotatable bonds is 6. The molecule has 0 spiro atoms. The van der Waals surface area contributed by atoms with E-state index < -0.39 is 11.7 Å². The third-order valence-corrected chi connectivity index (χ3v) is 5.48. The number of amides is 2. The number of hydrogen-bond acceptors (Lipinski definition) is 3. The molecule has 3 rings (SSSR count). The minimum atomic E-state index is -0.510. The molecule has 1 unspecified atom stereocenters. The van der Waals surface area contributed by atoms with Crippen molar-refractivity contribution in [3.8, 4) is 0 Å². The molecule has 1 fully saturated rings. The van der Waals surface area contributed by atoms with Gasteiger partial charge in [0.2, 0.25) is 0 Å². The van der Waals surface area contributed by atoms with Crippen molar-refractivity contribution < 1.29 is 14.7 Å². The SMILES string of the molecule is CN1CC(C(=O)NC(CCc2ccc(Cl)c(Cl)c2)C2CC2)=C(O)C1=O. The molecule has 0 aromatic heterocycles. The molecule has 134 valence electrons. The Kier molecular flexibility index (Phi) is 5.25. The largest absolute Gasteiger partial charge is 0.503 e. The zero-order valence-electron chi connectivity index (χ0n) is 13.9. The number of aliphatic hydroxyl groups is 1.